The molecule has 1 aromatic carbocycles. The average Bonchev–Trinajstić information content (AvgIpc) is 2.56. The summed E-state index contributed by atoms with van der Waals surface area (Å²) in [6, 6.07) is 2.57. The van der Waals surface area contributed by atoms with E-state index in [1.165, 1.54) is 6.07 Å². The molecule has 0 spiro atoms. The Labute approximate surface area is 148 Å². The number of aliphatic hydroxyl groups excluding tert-OH is 1. The summed E-state index contributed by atoms with van der Waals surface area (Å²) in [5, 5.41) is 30.5. The maximum absolute atomic E-state index is 12.9. The maximum atomic E-state index is 12.9. The SMILES string of the molecule is Cc1nc(N[C@@H]2CCCC[C@H]2O)nnc1-c1cc(O)cc(C(F)(F)F)c1. The van der Waals surface area contributed by atoms with E-state index in [9.17, 15) is 23.4 Å². The van der Waals surface area contributed by atoms with Crippen LogP contribution in [0.4, 0.5) is 19.1 Å². The Morgan fingerprint density at radius 1 is 1.12 bits per heavy atom. The number of phenols is 1. The van der Waals surface area contributed by atoms with E-state index < -0.39 is 23.6 Å². The molecule has 1 saturated carbocycles. The van der Waals surface area contributed by atoms with Crippen molar-refractivity contribution < 1.29 is 23.4 Å². The van der Waals surface area contributed by atoms with Crippen LogP contribution in [-0.4, -0.2) is 37.5 Å². The van der Waals surface area contributed by atoms with E-state index >= 15 is 0 Å². The van der Waals surface area contributed by atoms with E-state index in [0.29, 0.717) is 18.2 Å². The van der Waals surface area contributed by atoms with Gasteiger partial charge in [-0.25, -0.2) is 4.98 Å². The number of aryl methyl sites for hydroxylation is 1. The number of rotatable bonds is 3. The van der Waals surface area contributed by atoms with Crippen LogP contribution in [0.25, 0.3) is 11.3 Å². The van der Waals surface area contributed by atoms with Gasteiger partial charge in [0.25, 0.3) is 0 Å². The number of anilines is 1. The highest BCUT2D eigenvalue weighted by atomic mass is 19.4. The van der Waals surface area contributed by atoms with Gasteiger partial charge in [0.1, 0.15) is 11.4 Å². The lowest BCUT2D eigenvalue weighted by Crippen LogP contribution is -2.37. The van der Waals surface area contributed by atoms with Crippen LogP contribution >= 0.6 is 0 Å². The molecule has 3 N–H and O–H groups in total. The number of nitrogens with zero attached hydrogens (tertiary/aromatic N) is 3. The monoisotopic (exact) mass is 368 g/mol. The zero-order chi connectivity index (χ0) is 18.9. The van der Waals surface area contributed by atoms with E-state index in [-0.39, 0.29) is 23.2 Å². The molecule has 0 saturated heterocycles. The second-order valence-corrected chi connectivity index (χ2v) is 6.44. The highest BCUT2D eigenvalue weighted by Gasteiger charge is 2.32. The lowest BCUT2D eigenvalue weighted by molar-refractivity contribution is -0.137. The highest BCUT2D eigenvalue weighted by molar-refractivity contribution is 5.64. The summed E-state index contributed by atoms with van der Waals surface area (Å²) in [7, 11) is 0. The lowest BCUT2D eigenvalue weighted by atomic mass is 9.93. The van der Waals surface area contributed by atoms with Crippen LogP contribution in [0.2, 0.25) is 0 Å². The van der Waals surface area contributed by atoms with Gasteiger partial charge in [0.2, 0.25) is 5.95 Å². The van der Waals surface area contributed by atoms with E-state index in [4.69, 9.17) is 0 Å². The van der Waals surface area contributed by atoms with Crippen LogP contribution in [0, 0.1) is 6.92 Å². The van der Waals surface area contributed by atoms with Crippen molar-refractivity contribution in [2.45, 2.75) is 50.9 Å². The molecule has 0 aliphatic heterocycles. The molecular weight excluding hydrogens is 349 g/mol. The predicted octanol–water partition coefficient (Wildman–Crippen LogP) is 3.29. The van der Waals surface area contributed by atoms with E-state index in [0.717, 1.165) is 25.3 Å². The number of aromatic hydroxyl groups is 1. The first kappa shape index (κ1) is 18.4. The fourth-order valence-corrected chi connectivity index (χ4v) is 3.09. The van der Waals surface area contributed by atoms with Gasteiger partial charge >= 0.3 is 6.18 Å². The van der Waals surface area contributed by atoms with Gasteiger partial charge < -0.3 is 15.5 Å². The number of hydrogen-bond acceptors (Lipinski definition) is 6. The normalized spacial score (nSPS) is 20.8. The quantitative estimate of drug-likeness (QED) is 0.770. The number of hydrogen-bond donors (Lipinski definition) is 3. The van der Waals surface area contributed by atoms with Gasteiger partial charge in [-0.15, -0.1) is 10.2 Å². The Morgan fingerprint density at radius 3 is 2.50 bits per heavy atom. The minimum atomic E-state index is -4.58. The van der Waals surface area contributed by atoms with Crippen molar-refractivity contribution in [3.8, 4) is 17.0 Å². The molecule has 0 bridgehead atoms. The van der Waals surface area contributed by atoms with Gasteiger partial charge in [-0.05, 0) is 38.0 Å². The fraction of sp³-hybridized carbons (Fsp3) is 0.471. The molecular formula is C17H19F3N4O2. The van der Waals surface area contributed by atoms with Crippen LogP contribution in [0.5, 0.6) is 5.75 Å². The molecule has 2 atom stereocenters. The van der Waals surface area contributed by atoms with Gasteiger partial charge in [-0.2, -0.15) is 13.2 Å². The standard InChI is InChI=1S/C17H19F3N4O2/c1-9-15(10-6-11(17(18,19)20)8-12(25)7-10)23-24-16(21-9)22-13-4-2-3-5-14(13)26/h6-8,13-14,25-26H,2-5H2,1H3,(H,21,22,24)/t13-,14-/m1/s1. The highest BCUT2D eigenvalue weighted by Crippen LogP contribution is 2.35. The number of benzene rings is 1. The van der Waals surface area contributed by atoms with E-state index in [2.05, 4.69) is 20.5 Å². The molecule has 0 amide bonds. The smallest absolute Gasteiger partial charge is 0.416 e. The van der Waals surface area contributed by atoms with Crippen LogP contribution in [0.1, 0.15) is 36.9 Å². The number of halogens is 3. The Morgan fingerprint density at radius 2 is 1.85 bits per heavy atom. The van der Waals surface area contributed by atoms with Crippen LogP contribution in [-0.2, 0) is 6.18 Å². The minimum Gasteiger partial charge on any atom is -0.508 e. The van der Waals surface area contributed by atoms with Crippen molar-refractivity contribution in [3.63, 3.8) is 0 Å². The summed E-state index contributed by atoms with van der Waals surface area (Å²) in [6.07, 6.45) is -1.63. The van der Waals surface area contributed by atoms with Crippen molar-refractivity contribution in [1.82, 2.24) is 15.2 Å². The van der Waals surface area contributed by atoms with Crippen LogP contribution < -0.4 is 5.32 Å². The first-order chi connectivity index (χ1) is 12.2. The Kier molecular flexibility index (Phi) is 4.99. The summed E-state index contributed by atoms with van der Waals surface area (Å²) < 4.78 is 38.8. The summed E-state index contributed by atoms with van der Waals surface area (Å²) in [6.45, 7) is 1.60. The molecule has 6 nitrogen and oxygen atoms in total. The topological polar surface area (TPSA) is 91.2 Å². The van der Waals surface area contributed by atoms with Crippen molar-refractivity contribution >= 4 is 5.95 Å². The molecule has 1 aromatic heterocycles. The first-order valence-corrected chi connectivity index (χ1v) is 8.31. The molecule has 140 valence electrons. The van der Waals surface area contributed by atoms with Crippen molar-refractivity contribution in [2.24, 2.45) is 0 Å². The maximum Gasteiger partial charge on any atom is 0.416 e. The molecule has 3 rings (SSSR count). The molecule has 1 heterocycles. The Hall–Kier alpha value is -2.42. The molecule has 0 unspecified atom stereocenters. The molecule has 1 aliphatic carbocycles. The minimum absolute atomic E-state index is 0.0825. The average molecular weight is 368 g/mol. The largest absolute Gasteiger partial charge is 0.508 e. The van der Waals surface area contributed by atoms with E-state index in [1.807, 2.05) is 0 Å². The molecule has 9 heteroatoms. The number of aromatic nitrogens is 3. The van der Waals surface area contributed by atoms with Gasteiger partial charge in [-0.3, -0.25) is 0 Å². The van der Waals surface area contributed by atoms with Crippen molar-refractivity contribution in [3.05, 3.63) is 29.5 Å². The zero-order valence-electron chi connectivity index (χ0n) is 14.1. The summed E-state index contributed by atoms with van der Waals surface area (Å²) >= 11 is 0. The first-order valence-electron chi connectivity index (χ1n) is 8.31. The predicted molar refractivity (Wildman–Crippen MR) is 88.6 cm³/mol. The lowest BCUT2D eigenvalue weighted by Gasteiger charge is -2.28. The van der Waals surface area contributed by atoms with Gasteiger partial charge in [0.05, 0.1) is 23.4 Å². The number of phenolic OH excluding ortho intramolecular Hbond substituents is 1. The summed E-state index contributed by atoms with van der Waals surface area (Å²) in [4.78, 5) is 4.24. The zero-order valence-corrected chi connectivity index (χ0v) is 14.1. The third-order valence-corrected chi connectivity index (χ3v) is 4.42. The molecule has 0 radical (unpaired) electrons. The van der Waals surface area contributed by atoms with E-state index in [1.54, 1.807) is 6.92 Å². The summed E-state index contributed by atoms with van der Waals surface area (Å²) in [5.41, 5.74) is -0.368. The van der Waals surface area contributed by atoms with Gasteiger partial charge in [-0.1, -0.05) is 12.8 Å². The number of alkyl halides is 3. The van der Waals surface area contributed by atoms with Crippen LogP contribution in [0.3, 0.4) is 0 Å². The fourth-order valence-electron chi connectivity index (χ4n) is 3.09. The van der Waals surface area contributed by atoms with Crippen molar-refractivity contribution in [1.29, 1.82) is 0 Å². The van der Waals surface area contributed by atoms with Gasteiger partial charge in [0.15, 0.2) is 0 Å². The van der Waals surface area contributed by atoms with Crippen molar-refractivity contribution in [2.75, 3.05) is 5.32 Å². The Balaban J connectivity index is 1.87. The molecule has 2 aromatic rings. The molecule has 26 heavy (non-hydrogen) atoms. The second-order valence-electron chi connectivity index (χ2n) is 6.44. The van der Waals surface area contributed by atoms with Crippen LogP contribution in [0.15, 0.2) is 18.2 Å². The third-order valence-electron chi connectivity index (χ3n) is 4.42. The van der Waals surface area contributed by atoms with Gasteiger partial charge in [0, 0.05) is 5.56 Å². The third kappa shape index (κ3) is 4.04. The summed E-state index contributed by atoms with van der Waals surface area (Å²) in [5.74, 6) is -0.294. The number of aliphatic hydroxyl groups is 1. The number of nitrogens with one attached hydrogen (secondary N) is 1. The molecule has 1 aliphatic rings. The Bertz CT molecular complexity index is 798. The second kappa shape index (κ2) is 7.06. The molecule has 1 fully saturated rings.